The molecule has 17 heteroatoms. The largest absolute Gasteiger partial charge is 0.445 e. The molecule has 2 aliphatic heterocycles. The standard InChI is InChI=1S/C21H25F6N7O3S/c22-20(23,24)15-11-13(1-2-16(15)34(36)37)28-14-3-6-33(12-14)17(35)4-5-31-7-9-32(10-8-31)19-30-29-18(38-19)21(25,26)27/h11,14,28H,1-10,12H2/t14-/m1/s1. The average Bonchev–Trinajstić information content (AvgIpc) is 3.52. The molecule has 0 saturated carbocycles. The van der Waals surface area contributed by atoms with Crippen molar-refractivity contribution in [2.45, 2.75) is 44.1 Å². The molecule has 3 aliphatic rings. The van der Waals surface area contributed by atoms with Crippen molar-refractivity contribution in [3.8, 4) is 0 Å². The van der Waals surface area contributed by atoms with Crippen LogP contribution in [-0.4, -0.2) is 88.9 Å². The normalized spacial score (nSPS) is 21.6. The summed E-state index contributed by atoms with van der Waals surface area (Å²) in [5, 5.41) is 20.1. The number of aromatic nitrogens is 2. The first-order valence-corrected chi connectivity index (χ1v) is 12.7. The number of carbonyl (C=O) groups is 1. The van der Waals surface area contributed by atoms with Crippen LogP contribution in [0.15, 0.2) is 23.0 Å². The second-order valence-corrected chi connectivity index (χ2v) is 10.2. The Bertz CT molecular complexity index is 1110. The molecule has 1 aromatic rings. The highest BCUT2D eigenvalue weighted by atomic mass is 32.1. The number of likely N-dealkylation sites (tertiary alicyclic amines) is 1. The van der Waals surface area contributed by atoms with Crippen LogP contribution in [0.25, 0.3) is 0 Å². The van der Waals surface area contributed by atoms with Gasteiger partial charge in [0.05, 0.1) is 4.92 Å². The Morgan fingerprint density at radius 2 is 1.79 bits per heavy atom. The predicted octanol–water partition coefficient (Wildman–Crippen LogP) is 3.03. The number of nitro groups is 1. The molecule has 1 atom stereocenters. The van der Waals surface area contributed by atoms with Crippen molar-refractivity contribution in [3.05, 3.63) is 38.2 Å². The summed E-state index contributed by atoms with van der Waals surface area (Å²) in [6, 6.07) is -0.256. The molecule has 10 nitrogen and oxygen atoms in total. The van der Waals surface area contributed by atoms with Gasteiger partial charge in [-0.25, -0.2) is 0 Å². The lowest BCUT2D eigenvalue weighted by Crippen LogP contribution is -2.47. The lowest BCUT2D eigenvalue weighted by atomic mass is 9.99. The van der Waals surface area contributed by atoms with E-state index >= 15 is 0 Å². The summed E-state index contributed by atoms with van der Waals surface area (Å²) in [4.78, 5) is 28.1. The van der Waals surface area contributed by atoms with Gasteiger partial charge >= 0.3 is 12.4 Å². The zero-order valence-electron chi connectivity index (χ0n) is 20.0. The minimum Gasteiger partial charge on any atom is -0.384 e. The minimum absolute atomic E-state index is 0.0842. The second-order valence-electron chi connectivity index (χ2n) is 9.22. The van der Waals surface area contributed by atoms with Gasteiger partial charge in [-0.05, 0) is 18.9 Å². The summed E-state index contributed by atoms with van der Waals surface area (Å²) in [6.45, 7) is 3.24. The van der Waals surface area contributed by atoms with Crippen molar-refractivity contribution in [1.29, 1.82) is 0 Å². The van der Waals surface area contributed by atoms with Gasteiger partial charge in [0.15, 0.2) is 0 Å². The number of alkyl halides is 6. The van der Waals surface area contributed by atoms with Crippen LogP contribution in [0.5, 0.6) is 0 Å². The number of piperazine rings is 1. The fourth-order valence-electron chi connectivity index (χ4n) is 4.67. The van der Waals surface area contributed by atoms with Gasteiger partial charge in [0.1, 0.15) is 5.57 Å². The smallest absolute Gasteiger partial charge is 0.384 e. The first-order valence-electron chi connectivity index (χ1n) is 11.9. The van der Waals surface area contributed by atoms with Crippen molar-refractivity contribution in [3.63, 3.8) is 0 Å². The number of halogens is 6. The summed E-state index contributed by atoms with van der Waals surface area (Å²) in [5.41, 5.74) is -1.84. The fourth-order valence-corrected chi connectivity index (χ4v) is 5.43. The lowest BCUT2D eigenvalue weighted by Gasteiger charge is -2.34. The van der Waals surface area contributed by atoms with Crippen LogP contribution in [0.4, 0.5) is 31.5 Å². The summed E-state index contributed by atoms with van der Waals surface area (Å²) in [6.07, 6.45) is -8.04. The van der Waals surface area contributed by atoms with E-state index in [1.807, 2.05) is 4.90 Å². The molecule has 1 aromatic heterocycles. The number of anilines is 1. The van der Waals surface area contributed by atoms with E-state index in [-0.39, 0.29) is 42.0 Å². The molecule has 210 valence electrons. The molecule has 4 rings (SSSR count). The van der Waals surface area contributed by atoms with Crippen molar-refractivity contribution in [2.24, 2.45) is 0 Å². The number of hydrogen-bond acceptors (Lipinski definition) is 9. The van der Waals surface area contributed by atoms with Crippen molar-refractivity contribution >= 4 is 22.4 Å². The first kappa shape index (κ1) is 28.1. The van der Waals surface area contributed by atoms with E-state index in [4.69, 9.17) is 0 Å². The van der Waals surface area contributed by atoms with Crippen LogP contribution in [0.1, 0.15) is 30.7 Å². The molecule has 0 bridgehead atoms. The van der Waals surface area contributed by atoms with Gasteiger partial charge in [-0.2, -0.15) is 26.3 Å². The van der Waals surface area contributed by atoms with Gasteiger partial charge in [-0.15, -0.1) is 10.2 Å². The third kappa shape index (κ3) is 6.73. The Hall–Kier alpha value is -2.95. The van der Waals surface area contributed by atoms with Gasteiger partial charge in [0.2, 0.25) is 16.0 Å². The SMILES string of the molecule is O=C(CCN1CCN(c2nnc(C(F)(F)F)s2)CC1)N1CC[C@@H](NC2=CC(C(F)(F)F)=C([N+](=O)[O-])CC2)C1. The Balaban J connectivity index is 1.22. The van der Waals surface area contributed by atoms with Gasteiger partial charge in [0.25, 0.3) is 5.70 Å². The number of amides is 1. The van der Waals surface area contributed by atoms with E-state index in [0.29, 0.717) is 63.6 Å². The summed E-state index contributed by atoms with van der Waals surface area (Å²) in [5.74, 6) is -0.0974. The maximum Gasteiger partial charge on any atom is 0.445 e. The highest BCUT2D eigenvalue weighted by molar-refractivity contribution is 7.15. The summed E-state index contributed by atoms with van der Waals surface area (Å²) >= 11 is 0.499. The maximum absolute atomic E-state index is 13.3. The zero-order valence-corrected chi connectivity index (χ0v) is 20.8. The van der Waals surface area contributed by atoms with Crippen molar-refractivity contribution in [1.82, 2.24) is 25.3 Å². The Kier molecular flexibility index (Phi) is 8.15. The van der Waals surface area contributed by atoms with Gasteiger partial charge in [-0.3, -0.25) is 19.8 Å². The molecule has 0 aromatic carbocycles. The number of carbonyl (C=O) groups excluding carboxylic acids is 1. The molecule has 1 N–H and O–H groups in total. The van der Waals surface area contributed by atoms with Crippen LogP contribution in [0.3, 0.4) is 0 Å². The molecule has 0 spiro atoms. The molecule has 1 amide bonds. The monoisotopic (exact) mass is 569 g/mol. The quantitative estimate of drug-likeness (QED) is 0.304. The minimum atomic E-state index is -4.83. The van der Waals surface area contributed by atoms with Crippen molar-refractivity contribution < 1.29 is 36.1 Å². The van der Waals surface area contributed by atoms with E-state index in [1.54, 1.807) is 9.80 Å². The molecule has 2 saturated heterocycles. The Morgan fingerprint density at radius 3 is 2.39 bits per heavy atom. The lowest BCUT2D eigenvalue weighted by molar-refractivity contribution is -0.430. The van der Waals surface area contributed by atoms with Gasteiger partial charge in [0, 0.05) is 70.4 Å². The molecule has 1 aliphatic carbocycles. The van der Waals surface area contributed by atoms with Crippen LogP contribution in [-0.2, 0) is 11.0 Å². The second kappa shape index (κ2) is 11.0. The third-order valence-corrected chi connectivity index (χ3v) is 7.69. The van der Waals surface area contributed by atoms with Crippen LogP contribution >= 0.6 is 11.3 Å². The van der Waals surface area contributed by atoms with Crippen LogP contribution in [0.2, 0.25) is 0 Å². The van der Waals surface area contributed by atoms with E-state index < -0.39 is 33.6 Å². The summed E-state index contributed by atoms with van der Waals surface area (Å²) in [7, 11) is 0. The maximum atomic E-state index is 13.3. The molecule has 2 fully saturated rings. The predicted molar refractivity (Wildman–Crippen MR) is 124 cm³/mol. The Labute approximate surface area is 217 Å². The molecule has 38 heavy (non-hydrogen) atoms. The average molecular weight is 570 g/mol. The highest BCUT2D eigenvalue weighted by Crippen LogP contribution is 2.36. The number of hydrogen-bond donors (Lipinski definition) is 1. The van der Waals surface area contributed by atoms with E-state index in [0.717, 1.165) is 6.08 Å². The molecular formula is C21H25F6N7O3S. The third-order valence-electron chi connectivity index (χ3n) is 6.66. The van der Waals surface area contributed by atoms with Crippen molar-refractivity contribution in [2.75, 3.05) is 50.7 Å². The fraction of sp³-hybridized carbons (Fsp3) is 0.667. The topological polar surface area (TPSA) is 108 Å². The molecular weight excluding hydrogens is 544 g/mol. The van der Waals surface area contributed by atoms with Gasteiger partial charge in [-0.1, -0.05) is 11.3 Å². The first-order chi connectivity index (χ1) is 17.8. The summed E-state index contributed by atoms with van der Waals surface area (Å²) < 4.78 is 78.0. The highest BCUT2D eigenvalue weighted by Gasteiger charge is 2.42. The number of rotatable bonds is 7. The number of allylic oxidation sites excluding steroid dienone is 4. The van der Waals surface area contributed by atoms with E-state index in [9.17, 15) is 41.3 Å². The van der Waals surface area contributed by atoms with E-state index in [1.165, 1.54) is 0 Å². The van der Waals surface area contributed by atoms with Crippen LogP contribution in [0, 0.1) is 10.1 Å². The Morgan fingerprint density at radius 1 is 1.08 bits per heavy atom. The zero-order chi connectivity index (χ0) is 27.7. The van der Waals surface area contributed by atoms with E-state index in [2.05, 4.69) is 15.5 Å². The number of nitrogens with zero attached hydrogens (tertiary/aromatic N) is 6. The molecule has 3 heterocycles. The number of nitrogens with one attached hydrogen (secondary N) is 1. The molecule has 0 unspecified atom stereocenters. The van der Waals surface area contributed by atoms with Crippen LogP contribution < -0.4 is 10.2 Å². The van der Waals surface area contributed by atoms with Gasteiger partial charge < -0.3 is 15.1 Å². The molecule has 0 radical (unpaired) electrons.